The first-order valence-corrected chi connectivity index (χ1v) is 9.14. The third kappa shape index (κ3) is 5.36. The van der Waals surface area contributed by atoms with Crippen LogP contribution in [0, 0.1) is 3.57 Å². The fourth-order valence-electron chi connectivity index (χ4n) is 1.08. The normalized spacial score (nSPS) is 13.3. The van der Waals surface area contributed by atoms with Gasteiger partial charge in [-0.25, -0.2) is 13.1 Å². The van der Waals surface area contributed by atoms with E-state index < -0.39 is 38.8 Å². The molecule has 0 spiro atoms. The summed E-state index contributed by atoms with van der Waals surface area (Å²) in [6.45, 7) is -1.59. The molecule has 0 aromatic heterocycles. The maximum Gasteiger partial charge on any atom is 0.511 e. The molecular weight excluding hydrogens is 450 g/mol. The van der Waals surface area contributed by atoms with Crippen molar-refractivity contribution in [2.24, 2.45) is 0 Å². The Kier molecular flexibility index (Phi) is 5.99. The molecule has 0 amide bonds. The van der Waals surface area contributed by atoms with Crippen LogP contribution in [0.2, 0.25) is 0 Å². The van der Waals surface area contributed by atoms with Gasteiger partial charge in [-0.3, -0.25) is 4.18 Å². The molecule has 1 N–H and O–H groups in total. The molecule has 0 unspecified atom stereocenters. The van der Waals surface area contributed by atoms with E-state index in [1.54, 1.807) is 0 Å². The Morgan fingerprint density at radius 3 is 2.10 bits per heavy atom. The summed E-state index contributed by atoms with van der Waals surface area (Å²) in [6, 6.07) is 5.53. The highest BCUT2D eigenvalue weighted by atomic mass is 127. The van der Waals surface area contributed by atoms with Crippen LogP contribution in [0.1, 0.15) is 0 Å². The van der Waals surface area contributed by atoms with Gasteiger partial charge in [-0.15, -0.1) is 0 Å². The summed E-state index contributed by atoms with van der Waals surface area (Å²) >= 11 is 1.96. The van der Waals surface area contributed by atoms with Gasteiger partial charge in [0.05, 0.1) is 11.5 Å². The Labute approximate surface area is 133 Å². The zero-order chi connectivity index (χ0) is 16.3. The molecular formula is C9H9F3INO5S2. The van der Waals surface area contributed by atoms with Gasteiger partial charge >= 0.3 is 15.5 Å². The lowest BCUT2D eigenvalue weighted by Gasteiger charge is -2.09. The predicted octanol–water partition coefficient (Wildman–Crippen LogP) is 1.44. The summed E-state index contributed by atoms with van der Waals surface area (Å²) in [6.07, 6.45) is 0. The second-order valence-electron chi connectivity index (χ2n) is 3.57. The maximum absolute atomic E-state index is 12.0. The summed E-state index contributed by atoms with van der Waals surface area (Å²) in [5, 5.41) is 0. The average Bonchev–Trinajstić information content (AvgIpc) is 2.34. The topological polar surface area (TPSA) is 89.5 Å². The van der Waals surface area contributed by atoms with Crippen molar-refractivity contribution in [1.29, 1.82) is 0 Å². The van der Waals surface area contributed by atoms with Crippen molar-refractivity contribution >= 4 is 42.7 Å². The van der Waals surface area contributed by atoms with Crippen molar-refractivity contribution in [3.63, 3.8) is 0 Å². The number of rotatable bonds is 6. The number of hydrogen-bond donors (Lipinski definition) is 1. The molecule has 0 heterocycles. The minimum absolute atomic E-state index is 0.179. The third-order valence-corrected chi connectivity index (χ3v) is 5.28. The van der Waals surface area contributed by atoms with Gasteiger partial charge in [-0.2, -0.15) is 21.6 Å². The van der Waals surface area contributed by atoms with Crippen LogP contribution in [0.4, 0.5) is 13.2 Å². The first-order chi connectivity index (χ1) is 9.46. The van der Waals surface area contributed by atoms with E-state index in [1.165, 1.54) is 29.0 Å². The fraction of sp³-hybridized carbons (Fsp3) is 0.333. The molecule has 120 valence electrons. The third-order valence-electron chi connectivity index (χ3n) is 2.04. The molecule has 0 aliphatic heterocycles. The highest BCUT2D eigenvalue weighted by Gasteiger charge is 2.45. The summed E-state index contributed by atoms with van der Waals surface area (Å²) in [7, 11) is -9.66. The standard InChI is InChI=1S/C9H9F3INO5S2/c10-9(11,12)21(17,18)14-5-6-19-20(15,16)8-3-1-7(13)2-4-8/h1-4,14H,5-6H2. The van der Waals surface area contributed by atoms with E-state index in [9.17, 15) is 30.0 Å². The van der Waals surface area contributed by atoms with Crippen LogP contribution in [0.25, 0.3) is 0 Å². The van der Waals surface area contributed by atoms with E-state index in [0.29, 0.717) is 0 Å². The van der Waals surface area contributed by atoms with Crippen LogP contribution in [-0.2, 0) is 24.3 Å². The number of halogens is 4. The first-order valence-electron chi connectivity index (χ1n) is 5.17. The predicted molar refractivity (Wildman–Crippen MR) is 75.3 cm³/mol. The van der Waals surface area contributed by atoms with Crippen LogP contribution >= 0.6 is 22.6 Å². The van der Waals surface area contributed by atoms with Gasteiger partial charge in [-0.1, -0.05) is 0 Å². The Balaban J connectivity index is 2.58. The highest BCUT2D eigenvalue weighted by molar-refractivity contribution is 14.1. The van der Waals surface area contributed by atoms with Gasteiger partial charge in [0, 0.05) is 10.1 Å². The van der Waals surface area contributed by atoms with Gasteiger partial charge in [0.25, 0.3) is 10.1 Å². The van der Waals surface area contributed by atoms with Crippen LogP contribution < -0.4 is 4.72 Å². The van der Waals surface area contributed by atoms with Crippen LogP contribution in [0.3, 0.4) is 0 Å². The summed E-state index contributed by atoms with van der Waals surface area (Å²) in [4.78, 5) is -0.179. The lowest BCUT2D eigenvalue weighted by Crippen LogP contribution is -2.38. The van der Waals surface area contributed by atoms with E-state index in [1.807, 2.05) is 22.6 Å². The van der Waals surface area contributed by atoms with Crippen molar-refractivity contribution in [2.45, 2.75) is 10.4 Å². The Hall–Kier alpha value is -0.440. The Morgan fingerprint density at radius 1 is 1.10 bits per heavy atom. The molecule has 1 aromatic rings. The van der Waals surface area contributed by atoms with E-state index in [2.05, 4.69) is 4.18 Å². The number of sulfonamides is 1. The van der Waals surface area contributed by atoms with Crippen molar-refractivity contribution in [3.05, 3.63) is 27.8 Å². The van der Waals surface area contributed by atoms with Crippen molar-refractivity contribution < 1.29 is 34.2 Å². The van der Waals surface area contributed by atoms with Gasteiger partial charge in [0.15, 0.2) is 0 Å². The molecule has 0 atom stereocenters. The first kappa shape index (κ1) is 18.6. The van der Waals surface area contributed by atoms with Gasteiger partial charge in [-0.05, 0) is 46.9 Å². The lowest BCUT2D eigenvalue weighted by atomic mass is 10.4. The van der Waals surface area contributed by atoms with Crippen molar-refractivity contribution in [2.75, 3.05) is 13.2 Å². The van der Waals surface area contributed by atoms with Crippen molar-refractivity contribution in [1.82, 2.24) is 4.72 Å². The van der Waals surface area contributed by atoms with Crippen LogP contribution in [-0.4, -0.2) is 35.5 Å². The minimum atomic E-state index is -5.51. The lowest BCUT2D eigenvalue weighted by molar-refractivity contribution is -0.0448. The van der Waals surface area contributed by atoms with E-state index in [-0.39, 0.29) is 4.90 Å². The molecule has 12 heteroatoms. The van der Waals surface area contributed by atoms with Gasteiger partial charge < -0.3 is 0 Å². The molecule has 0 saturated heterocycles. The number of nitrogens with one attached hydrogen (secondary N) is 1. The fourth-order valence-corrected chi connectivity index (χ4v) is 2.86. The number of benzene rings is 1. The molecule has 0 saturated carbocycles. The van der Waals surface area contributed by atoms with Crippen LogP contribution in [0.5, 0.6) is 0 Å². The average molecular weight is 459 g/mol. The molecule has 0 radical (unpaired) electrons. The van der Waals surface area contributed by atoms with E-state index in [4.69, 9.17) is 0 Å². The molecule has 1 rings (SSSR count). The maximum atomic E-state index is 12.0. The van der Waals surface area contributed by atoms with Gasteiger partial charge in [0.1, 0.15) is 0 Å². The molecule has 0 fully saturated rings. The van der Waals surface area contributed by atoms with E-state index >= 15 is 0 Å². The Morgan fingerprint density at radius 2 is 1.62 bits per heavy atom. The molecule has 0 aliphatic carbocycles. The summed E-state index contributed by atoms with van der Waals surface area (Å²) < 4.78 is 86.9. The molecule has 21 heavy (non-hydrogen) atoms. The zero-order valence-corrected chi connectivity index (χ0v) is 13.9. The zero-order valence-electron chi connectivity index (χ0n) is 10.1. The second kappa shape index (κ2) is 6.76. The van der Waals surface area contributed by atoms with Gasteiger partial charge in [0.2, 0.25) is 0 Å². The Bertz CT molecular complexity index is 685. The van der Waals surface area contributed by atoms with Crippen LogP contribution in [0.15, 0.2) is 29.2 Å². The summed E-state index contributed by atoms with van der Waals surface area (Å²) in [5.74, 6) is 0. The van der Waals surface area contributed by atoms with E-state index in [0.717, 1.165) is 3.57 Å². The monoisotopic (exact) mass is 459 g/mol. The molecule has 0 bridgehead atoms. The molecule has 6 nitrogen and oxygen atoms in total. The molecule has 0 aliphatic rings. The number of alkyl halides is 3. The molecule has 1 aromatic carbocycles. The highest BCUT2D eigenvalue weighted by Crippen LogP contribution is 2.21. The minimum Gasteiger partial charge on any atom is -0.265 e. The quantitative estimate of drug-likeness (QED) is 0.395. The second-order valence-corrected chi connectivity index (χ2v) is 8.19. The summed E-state index contributed by atoms with van der Waals surface area (Å²) in [5.41, 5.74) is -5.46. The number of hydrogen-bond acceptors (Lipinski definition) is 5. The van der Waals surface area contributed by atoms with Crippen molar-refractivity contribution in [3.8, 4) is 0 Å². The SMILES string of the molecule is O=S(=O)(OCCNS(=O)(=O)C(F)(F)F)c1ccc(I)cc1. The smallest absolute Gasteiger partial charge is 0.265 e. The largest absolute Gasteiger partial charge is 0.511 e.